The molecule has 1 unspecified atom stereocenters. The average molecular weight is 907 g/mol. The number of imide groups is 2. The summed E-state index contributed by atoms with van der Waals surface area (Å²) >= 11 is 1.30. The summed E-state index contributed by atoms with van der Waals surface area (Å²) in [6.07, 6.45) is 4.86. The molecule has 4 aliphatic heterocycles. The van der Waals surface area contributed by atoms with Gasteiger partial charge in [-0.15, -0.1) is 11.3 Å². The fourth-order valence-electron chi connectivity index (χ4n) is 10.3. The van der Waals surface area contributed by atoms with Crippen LogP contribution in [0.4, 0.5) is 5.69 Å². The number of piperidine rings is 1. The van der Waals surface area contributed by atoms with Crippen molar-refractivity contribution in [2.45, 2.75) is 57.2 Å². The van der Waals surface area contributed by atoms with Crippen LogP contribution in [-0.4, -0.2) is 146 Å². The summed E-state index contributed by atoms with van der Waals surface area (Å²) in [7, 11) is 8.91. The number of pyridine rings is 1. The minimum absolute atomic E-state index is 0.0138. The number of likely N-dealkylation sites (tertiary alicyclic amines) is 1. The molecule has 2 N–H and O–H groups in total. The normalized spacial score (nSPS) is 22.2. The summed E-state index contributed by atoms with van der Waals surface area (Å²) in [5.74, 6) is -0.836. The molecule has 2 aromatic carbocycles. The third kappa shape index (κ3) is 8.27. The van der Waals surface area contributed by atoms with Crippen LogP contribution in [0.25, 0.3) is 21.2 Å². The van der Waals surface area contributed by atoms with Gasteiger partial charge < -0.3 is 34.1 Å². The van der Waals surface area contributed by atoms with E-state index in [0.29, 0.717) is 67.5 Å². The first kappa shape index (κ1) is 44.1. The molecule has 1 spiro atoms. The molecule has 6 amide bonds. The number of carbonyl (C=O) groups is 6. The Morgan fingerprint density at radius 1 is 0.908 bits per heavy atom. The Hall–Kier alpha value is -6.11. The second kappa shape index (κ2) is 17.4. The smallest absolute Gasteiger partial charge is 0.262 e. The van der Waals surface area contributed by atoms with Gasteiger partial charge in [-0.2, -0.15) is 0 Å². The number of ether oxygens (including phenoxy) is 2. The summed E-state index contributed by atoms with van der Waals surface area (Å²) in [5.41, 5.74) is 3.66. The van der Waals surface area contributed by atoms with Crippen LogP contribution in [-0.2, 0) is 28.0 Å². The van der Waals surface area contributed by atoms with E-state index in [1.165, 1.54) is 15.9 Å². The van der Waals surface area contributed by atoms with E-state index in [-0.39, 0.29) is 52.8 Å². The van der Waals surface area contributed by atoms with E-state index in [9.17, 15) is 33.6 Å². The first-order valence-electron chi connectivity index (χ1n) is 22.1. The van der Waals surface area contributed by atoms with E-state index in [4.69, 9.17) is 9.47 Å². The predicted molar refractivity (Wildman–Crippen MR) is 243 cm³/mol. The van der Waals surface area contributed by atoms with Crippen LogP contribution in [0.1, 0.15) is 74.5 Å². The monoisotopic (exact) mass is 906 g/mol. The minimum atomic E-state index is -1.01. The van der Waals surface area contributed by atoms with Gasteiger partial charge in [0.15, 0.2) is 0 Å². The molecule has 2 aromatic heterocycles. The number of anilines is 1. The van der Waals surface area contributed by atoms with E-state index in [0.717, 1.165) is 64.3 Å². The SMILES string of the molecule is COc1cc(-c2cn(C)c(=O)c3cc(C(=O)NC4CC5(CCN(C(=O)CCN6CCN(c7ccc8c(c7)C(=O)N(C7CCC(=O)NC7=O)C8=O)CC6)C5)C4)sc23)cc(OC)c1CN(C)C. The lowest BCUT2D eigenvalue weighted by atomic mass is 9.65. The van der Waals surface area contributed by atoms with E-state index in [1.807, 2.05) is 42.1 Å². The van der Waals surface area contributed by atoms with Gasteiger partial charge in [-0.3, -0.25) is 48.7 Å². The average Bonchev–Trinajstić information content (AvgIpc) is 4.00. The molecule has 0 bridgehead atoms. The van der Waals surface area contributed by atoms with Crippen LogP contribution in [0.15, 0.2) is 47.4 Å². The van der Waals surface area contributed by atoms with Crippen molar-refractivity contribution < 1.29 is 38.2 Å². The van der Waals surface area contributed by atoms with Gasteiger partial charge in [0.2, 0.25) is 17.7 Å². The maximum Gasteiger partial charge on any atom is 0.262 e. The number of rotatable bonds is 12. The maximum atomic E-state index is 13.7. The van der Waals surface area contributed by atoms with Crippen molar-refractivity contribution in [3.8, 4) is 22.6 Å². The Labute approximate surface area is 380 Å². The van der Waals surface area contributed by atoms with Crippen molar-refractivity contribution in [1.29, 1.82) is 0 Å². The zero-order valence-electron chi connectivity index (χ0n) is 37.4. The van der Waals surface area contributed by atoms with Gasteiger partial charge in [0.1, 0.15) is 17.5 Å². The van der Waals surface area contributed by atoms with Gasteiger partial charge in [0.25, 0.3) is 23.3 Å². The molecular formula is C47H54N8O9S. The number of nitrogens with zero attached hydrogens (tertiary/aromatic N) is 6. The van der Waals surface area contributed by atoms with Crippen molar-refractivity contribution in [1.82, 2.24) is 34.8 Å². The Morgan fingerprint density at radius 2 is 1.62 bits per heavy atom. The summed E-state index contributed by atoms with van der Waals surface area (Å²) in [4.78, 5) is 101. The maximum absolute atomic E-state index is 13.7. The van der Waals surface area contributed by atoms with Crippen LogP contribution >= 0.6 is 11.3 Å². The molecule has 1 aliphatic carbocycles. The standard InChI is InChI=1S/C47H54N8O9S/c1-50(2)24-34-36(63-4)18-27(19-37(34)64-5)33-25-51(3)44(60)32-21-38(65-41(32)33)43(59)48-28-22-47(23-28)11-13-54(26-47)40(57)10-12-52-14-16-53(17-15-52)29-6-7-30-31(20-29)46(62)55(45(30)61)35-8-9-39(56)49-42(35)58/h6-7,18-21,25,28,35H,8-17,22-24,26H2,1-5H3,(H,48,59)(H,49,56,58). The van der Waals surface area contributed by atoms with Crippen molar-refractivity contribution in [3.63, 3.8) is 0 Å². The minimum Gasteiger partial charge on any atom is -0.496 e. The van der Waals surface area contributed by atoms with Crippen molar-refractivity contribution in [2.24, 2.45) is 12.5 Å². The molecule has 4 fully saturated rings. The molecule has 65 heavy (non-hydrogen) atoms. The molecule has 3 saturated heterocycles. The molecule has 342 valence electrons. The van der Waals surface area contributed by atoms with Gasteiger partial charge >= 0.3 is 0 Å². The number of amides is 6. The second-order valence-electron chi connectivity index (χ2n) is 18.3. The molecule has 6 heterocycles. The van der Waals surface area contributed by atoms with Crippen LogP contribution in [0.2, 0.25) is 0 Å². The number of hydrogen-bond acceptors (Lipinski definition) is 13. The molecule has 4 aromatic rings. The number of aromatic nitrogens is 1. The van der Waals surface area contributed by atoms with Gasteiger partial charge in [-0.25, -0.2) is 0 Å². The summed E-state index contributed by atoms with van der Waals surface area (Å²) < 4.78 is 13.8. The van der Waals surface area contributed by atoms with E-state index >= 15 is 0 Å². The zero-order valence-corrected chi connectivity index (χ0v) is 38.2. The predicted octanol–water partition coefficient (Wildman–Crippen LogP) is 3.07. The fourth-order valence-corrected chi connectivity index (χ4v) is 11.4. The number of thiophene rings is 1. The van der Waals surface area contributed by atoms with Crippen molar-refractivity contribution in [3.05, 3.63) is 74.5 Å². The van der Waals surface area contributed by atoms with E-state index < -0.39 is 29.7 Å². The first-order chi connectivity index (χ1) is 31.1. The van der Waals surface area contributed by atoms with Crippen LogP contribution in [0, 0.1) is 5.41 Å². The van der Waals surface area contributed by atoms with Crippen LogP contribution in [0.3, 0.4) is 0 Å². The molecule has 18 heteroatoms. The van der Waals surface area contributed by atoms with Crippen molar-refractivity contribution >= 4 is 62.6 Å². The summed E-state index contributed by atoms with van der Waals surface area (Å²) in [5, 5.41) is 5.91. The molecular weight excluding hydrogens is 853 g/mol. The number of carbonyl (C=O) groups excluding carboxylic acids is 6. The molecule has 5 aliphatic rings. The zero-order chi connectivity index (χ0) is 45.9. The number of hydrogen-bond donors (Lipinski definition) is 2. The molecule has 1 saturated carbocycles. The fraction of sp³-hybridized carbons (Fsp3) is 0.468. The Morgan fingerprint density at radius 3 is 2.29 bits per heavy atom. The highest BCUT2D eigenvalue weighted by molar-refractivity contribution is 7.21. The van der Waals surface area contributed by atoms with E-state index in [1.54, 1.807) is 45.7 Å². The highest BCUT2D eigenvalue weighted by atomic mass is 32.1. The Kier molecular flexibility index (Phi) is 11.8. The quantitative estimate of drug-likeness (QED) is 0.199. The molecule has 1 atom stereocenters. The number of fused-ring (bicyclic) bond motifs is 2. The highest BCUT2D eigenvalue weighted by Crippen LogP contribution is 2.49. The molecule has 17 nitrogen and oxygen atoms in total. The molecule has 9 rings (SSSR count). The van der Waals surface area contributed by atoms with Gasteiger partial charge in [0.05, 0.1) is 41.2 Å². The topological polar surface area (TPSA) is 183 Å². The second-order valence-corrected chi connectivity index (χ2v) is 19.4. The lowest BCUT2D eigenvalue weighted by molar-refractivity contribution is -0.136. The third-order valence-electron chi connectivity index (χ3n) is 13.8. The number of nitrogens with one attached hydrogen (secondary N) is 2. The Bertz CT molecular complexity index is 2670. The lowest BCUT2D eigenvalue weighted by Gasteiger charge is -2.45. The van der Waals surface area contributed by atoms with Crippen LogP contribution in [0.5, 0.6) is 11.5 Å². The molecule has 0 radical (unpaired) electrons. The first-order valence-corrected chi connectivity index (χ1v) is 22.9. The van der Waals surface area contributed by atoms with Crippen LogP contribution < -0.4 is 30.6 Å². The lowest BCUT2D eigenvalue weighted by Crippen LogP contribution is -2.54. The highest BCUT2D eigenvalue weighted by Gasteiger charge is 2.50. The largest absolute Gasteiger partial charge is 0.496 e. The van der Waals surface area contributed by atoms with E-state index in [2.05, 4.69) is 20.4 Å². The number of piperazine rings is 1. The van der Waals surface area contributed by atoms with Crippen molar-refractivity contribution in [2.75, 3.05) is 79.0 Å². The summed E-state index contributed by atoms with van der Waals surface area (Å²) in [6, 6.07) is 9.73. The van der Waals surface area contributed by atoms with Gasteiger partial charge in [-0.05, 0) is 87.2 Å². The summed E-state index contributed by atoms with van der Waals surface area (Å²) in [6.45, 7) is 5.45. The van der Waals surface area contributed by atoms with Gasteiger partial charge in [0, 0.05) is 100 Å². The number of benzene rings is 2. The third-order valence-corrected chi connectivity index (χ3v) is 14.9. The Balaban J connectivity index is 0.759. The number of aryl methyl sites for hydroxylation is 1. The number of methoxy groups -OCH3 is 2. The van der Waals surface area contributed by atoms with Gasteiger partial charge in [-0.1, -0.05) is 0 Å².